The van der Waals surface area contributed by atoms with Crippen molar-refractivity contribution in [1.29, 1.82) is 0 Å². The lowest BCUT2D eigenvalue weighted by Crippen LogP contribution is -2.33. The molecule has 47 heavy (non-hydrogen) atoms. The van der Waals surface area contributed by atoms with Gasteiger partial charge in [0.1, 0.15) is 23.0 Å². The Hall–Kier alpha value is -3.92. The minimum Gasteiger partial charge on any atom is -0.508 e. The van der Waals surface area contributed by atoms with Gasteiger partial charge in [0.25, 0.3) is 0 Å². The third kappa shape index (κ3) is 7.32. The van der Waals surface area contributed by atoms with Crippen LogP contribution in [0.15, 0.2) is 97.1 Å². The predicted molar refractivity (Wildman–Crippen MR) is 190 cm³/mol. The van der Waals surface area contributed by atoms with Crippen molar-refractivity contribution in [3.63, 3.8) is 0 Å². The quantitative estimate of drug-likeness (QED) is 0.180. The number of hydrogen-bond donors (Lipinski definition) is 4. The Balaban J connectivity index is 0.000000168. The van der Waals surface area contributed by atoms with Crippen LogP contribution in [-0.4, -0.2) is 20.4 Å². The molecule has 0 aromatic heterocycles. The van der Waals surface area contributed by atoms with E-state index < -0.39 is 0 Å². The molecule has 0 spiro atoms. The molecule has 0 aliphatic heterocycles. The first-order valence-corrected chi connectivity index (χ1v) is 18.1. The van der Waals surface area contributed by atoms with Crippen molar-refractivity contribution in [2.45, 2.75) is 107 Å². The number of benzene rings is 4. The Morgan fingerprint density at radius 2 is 0.745 bits per heavy atom. The number of phenolic OH excluding ortho intramolecular Hbond substituents is 4. The summed E-state index contributed by atoms with van der Waals surface area (Å²) in [5.74, 6) is 2.78. The van der Waals surface area contributed by atoms with Gasteiger partial charge in [-0.25, -0.2) is 0 Å². The minimum atomic E-state index is -0.0272. The van der Waals surface area contributed by atoms with E-state index in [1.165, 1.54) is 106 Å². The highest BCUT2D eigenvalue weighted by molar-refractivity contribution is 5.46. The van der Waals surface area contributed by atoms with Gasteiger partial charge in [0.15, 0.2) is 0 Å². The van der Waals surface area contributed by atoms with E-state index in [-0.39, 0.29) is 10.8 Å². The first-order chi connectivity index (χ1) is 22.9. The molecule has 248 valence electrons. The number of phenols is 4. The van der Waals surface area contributed by atoms with Crippen LogP contribution < -0.4 is 0 Å². The summed E-state index contributed by atoms with van der Waals surface area (Å²) in [6.07, 6.45) is 19.2. The third-order valence-electron chi connectivity index (χ3n) is 11.7. The van der Waals surface area contributed by atoms with Crippen molar-refractivity contribution in [1.82, 2.24) is 0 Å². The van der Waals surface area contributed by atoms with Crippen molar-refractivity contribution in [3.8, 4) is 23.0 Å². The smallest absolute Gasteiger partial charge is 0.115 e. The fourth-order valence-corrected chi connectivity index (χ4v) is 9.24. The number of aromatic hydroxyl groups is 4. The Bertz CT molecular complexity index is 1430. The van der Waals surface area contributed by atoms with Crippen LogP contribution in [0.25, 0.3) is 0 Å². The Morgan fingerprint density at radius 1 is 0.404 bits per heavy atom. The largest absolute Gasteiger partial charge is 0.508 e. The van der Waals surface area contributed by atoms with E-state index in [4.69, 9.17) is 0 Å². The van der Waals surface area contributed by atoms with E-state index in [0.717, 1.165) is 18.8 Å². The van der Waals surface area contributed by atoms with Crippen LogP contribution in [-0.2, 0) is 10.8 Å². The highest BCUT2D eigenvalue weighted by Crippen LogP contribution is 2.60. The molecular formula is C43H52O4. The van der Waals surface area contributed by atoms with E-state index in [2.05, 4.69) is 48.5 Å². The summed E-state index contributed by atoms with van der Waals surface area (Å²) in [5.41, 5.74) is 5.22. The zero-order valence-electron chi connectivity index (χ0n) is 27.8. The molecule has 0 radical (unpaired) electrons. The van der Waals surface area contributed by atoms with Gasteiger partial charge in [-0.15, -0.1) is 0 Å². The van der Waals surface area contributed by atoms with E-state index >= 15 is 0 Å². The lowest BCUT2D eigenvalue weighted by Gasteiger charge is -2.39. The van der Waals surface area contributed by atoms with Crippen LogP contribution in [0.1, 0.15) is 119 Å². The monoisotopic (exact) mass is 632 g/mol. The molecule has 7 rings (SSSR count). The van der Waals surface area contributed by atoms with Crippen molar-refractivity contribution >= 4 is 0 Å². The van der Waals surface area contributed by atoms with Gasteiger partial charge in [0.05, 0.1) is 0 Å². The molecule has 4 nitrogen and oxygen atoms in total. The van der Waals surface area contributed by atoms with E-state index in [1.54, 1.807) is 24.3 Å². The summed E-state index contributed by atoms with van der Waals surface area (Å²) >= 11 is 0. The Kier molecular flexibility index (Phi) is 10.4. The molecular weight excluding hydrogens is 580 g/mol. The zero-order chi connectivity index (χ0) is 32.7. The van der Waals surface area contributed by atoms with Crippen molar-refractivity contribution in [2.75, 3.05) is 0 Å². The fraction of sp³-hybridized carbons (Fsp3) is 0.442. The van der Waals surface area contributed by atoms with Gasteiger partial charge in [-0.1, -0.05) is 113 Å². The first kappa shape index (κ1) is 33.0. The fourth-order valence-electron chi connectivity index (χ4n) is 9.24. The van der Waals surface area contributed by atoms with Gasteiger partial charge in [-0.05, 0) is 115 Å². The molecule has 4 aromatic carbocycles. The average molecular weight is 633 g/mol. The number of rotatable bonds is 4. The molecule has 4 heteroatoms. The normalized spacial score (nSPS) is 22.3. The van der Waals surface area contributed by atoms with Crippen molar-refractivity contribution < 1.29 is 20.4 Å². The lowest BCUT2D eigenvalue weighted by atomic mass is 9.64. The second-order valence-electron chi connectivity index (χ2n) is 14.5. The molecule has 3 saturated carbocycles. The van der Waals surface area contributed by atoms with Gasteiger partial charge >= 0.3 is 0 Å². The Morgan fingerprint density at radius 3 is 1.06 bits per heavy atom. The van der Waals surface area contributed by atoms with E-state index in [1.807, 2.05) is 24.3 Å². The van der Waals surface area contributed by atoms with Gasteiger partial charge in [0.2, 0.25) is 0 Å². The zero-order valence-corrected chi connectivity index (χ0v) is 27.8. The standard InChI is InChI=1S/C24H32O2.C19H20O2/c25-22-14-10-20(11-15-22)24(21-12-16-23(26)17-13-21)18-8-6-4-2-1-3-5-7-9-19-24;20-17-7-3-14(4-8-17)19(12-13-1-2-16(19)11-13)15-5-9-18(21)10-6-15/h10-17,25-26H,1-9,18-19H2;3-10,13,16,20-21H,1-2,11-12H2. The lowest BCUT2D eigenvalue weighted by molar-refractivity contribution is 0.319. The molecule has 0 heterocycles. The summed E-state index contributed by atoms with van der Waals surface area (Å²) in [6, 6.07) is 31.1. The van der Waals surface area contributed by atoms with Gasteiger partial charge in [-0.2, -0.15) is 0 Å². The van der Waals surface area contributed by atoms with E-state index in [9.17, 15) is 20.4 Å². The maximum Gasteiger partial charge on any atom is 0.115 e. The maximum absolute atomic E-state index is 9.76. The molecule has 0 amide bonds. The molecule has 3 aliphatic rings. The summed E-state index contributed by atoms with van der Waals surface area (Å²) in [7, 11) is 0. The van der Waals surface area contributed by atoms with Crippen LogP contribution in [0.5, 0.6) is 23.0 Å². The second kappa shape index (κ2) is 14.9. The predicted octanol–water partition coefficient (Wildman–Crippen LogP) is 10.9. The SMILES string of the molecule is Oc1ccc(C2(c3ccc(O)cc3)CC3CCC2C3)cc1.Oc1ccc(C2(c3ccc(O)cc3)CCCCCCCCCCC2)cc1. The average Bonchev–Trinajstić information content (AvgIpc) is 3.70. The topological polar surface area (TPSA) is 80.9 Å². The molecule has 3 fully saturated rings. The van der Waals surface area contributed by atoms with Crippen LogP contribution in [0.3, 0.4) is 0 Å². The number of hydrogen-bond acceptors (Lipinski definition) is 4. The molecule has 3 aliphatic carbocycles. The second-order valence-corrected chi connectivity index (χ2v) is 14.5. The van der Waals surface area contributed by atoms with Gasteiger partial charge in [0, 0.05) is 10.8 Å². The summed E-state index contributed by atoms with van der Waals surface area (Å²) < 4.78 is 0. The molecule has 0 saturated heterocycles. The highest BCUT2D eigenvalue weighted by atomic mass is 16.3. The van der Waals surface area contributed by atoms with E-state index in [0.29, 0.717) is 28.9 Å². The molecule has 2 unspecified atom stereocenters. The maximum atomic E-state index is 9.76. The van der Waals surface area contributed by atoms with Crippen LogP contribution in [0, 0.1) is 11.8 Å². The summed E-state index contributed by atoms with van der Waals surface area (Å²) in [6.45, 7) is 0. The van der Waals surface area contributed by atoms with Crippen molar-refractivity contribution in [3.05, 3.63) is 119 Å². The van der Waals surface area contributed by atoms with Crippen LogP contribution in [0.4, 0.5) is 0 Å². The van der Waals surface area contributed by atoms with Gasteiger partial charge in [-0.3, -0.25) is 0 Å². The van der Waals surface area contributed by atoms with Crippen LogP contribution in [0.2, 0.25) is 0 Å². The molecule has 4 aromatic rings. The van der Waals surface area contributed by atoms with Gasteiger partial charge < -0.3 is 20.4 Å². The molecule has 2 atom stereocenters. The first-order valence-electron chi connectivity index (χ1n) is 18.1. The number of fused-ring (bicyclic) bond motifs is 2. The minimum absolute atomic E-state index is 0.0272. The Labute approximate surface area is 281 Å². The highest BCUT2D eigenvalue weighted by Gasteiger charge is 2.52. The van der Waals surface area contributed by atoms with Crippen LogP contribution >= 0.6 is 0 Å². The molecule has 4 N–H and O–H groups in total. The summed E-state index contributed by atoms with van der Waals surface area (Å²) in [5, 5.41) is 38.7. The molecule has 2 bridgehead atoms. The third-order valence-corrected chi connectivity index (χ3v) is 11.7. The summed E-state index contributed by atoms with van der Waals surface area (Å²) in [4.78, 5) is 0. The van der Waals surface area contributed by atoms with Crippen molar-refractivity contribution in [2.24, 2.45) is 11.8 Å².